The summed E-state index contributed by atoms with van der Waals surface area (Å²) < 4.78 is 11.2. The Morgan fingerprint density at radius 2 is 1.75 bits per heavy atom. The van der Waals surface area contributed by atoms with Crippen molar-refractivity contribution in [3.05, 3.63) is 0 Å². The monoisotopic (exact) mass is 287 g/mol. The van der Waals surface area contributed by atoms with E-state index in [-0.39, 0.29) is 6.09 Å². The van der Waals surface area contributed by atoms with Crippen molar-refractivity contribution in [3.63, 3.8) is 0 Å². The van der Waals surface area contributed by atoms with Gasteiger partial charge < -0.3 is 14.4 Å². The fraction of sp³-hybridized carbons (Fsp3) is 0.929. The Hall–Kier alpha value is -0.850. The second-order valence-electron chi connectivity index (χ2n) is 7.09. The van der Waals surface area contributed by atoms with E-state index in [0.29, 0.717) is 32.5 Å². The summed E-state index contributed by atoms with van der Waals surface area (Å²) in [6.07, 6.45) is 0.884. The quantitative estimate of drug-likeness (QED) is 0.641. The van der Waals surface area contributed by atoms with Crippen LogP contribution in [0.2, 0.25) is 0 Å². The molecule has 0 aliphatic carbocycles. The Kier molecular flexibility index (Phi) is 4.01. The van der Waals surface area contributed by atoms with Gasteiger partial charge in [0.15, 0.2) is 0 Å². The average Bonchev–Trinajstić information content (AvgIpc) is 2.32. The molecule has 0 radical (unpaired) electrons. The molecule has 0 bridgehead atoms. The number of hydrogen-bond acceptors (Lipinski definition) is 5. The van der Waals surface area contributed by atoms with Crippen LogP contribution in [0.25, 0.3) is 0 Å². The van der Waals surface area contributed by atoms with E-state index in [2.05, 4.69) is 0 Å². The molecule has 0 aromatic heterocycles. The van der Waals surface area contributed by atoms with Gasteiger partial charge in [0.05, 0.1) is 6.61 Å². The van der Waals surface area contributed by atoms with E-state index in [9.17, 15) is 4.79 Å². The Labute approximate surface area is 120 Å². The largest absolute Gasteiger partial charge is 0.444 e. The van der Waals surface area contributed by atoms with Gasteiger partial charge in [-0.1, -0.05) is 0 Å². The summed E-state index contributed by atoms with van der Waals surface area (Å²) in [6.45, 7) is 11.0. The number of carbonyl (C=O) groups is 1. The summed E-state index contributed by atoms with van der Waals surface area (Å²) in [5, 5.41) is 0. The summed E-state index contributed by atoms with van der Waals surface area (Å²) >= 11 is 0. The molecule has 6 heteroatoms. The molecule has 6 nitrogen and oxygen atoms in total. The van der Waals surface area contributed by atoms with E-state index < -0.39 is 17.0 Å². The van der Waals surface area contributed by atoms with Gasteiger partial charge >= 0.3 is 6.09 Å². The number of likely N-dealkylation sites (tertiary alicyclic amines) is 1. The third-order valence-corrected chi connectivity index (χ3v) is 3.28. The lowest BCUT2D eigenvalue weighted by Crippen LogP contribution is -2.55. The minimum Gasteiger partial charge on any atom is -0.444 e. The minimum absolute atomic E-state index is 0.288. The average molecular weight is 287 g/mol. The molecule has 0 atom stereocenters. The molecule has 116 valence electrons. The molecule has 0 saturated carbocycles. The number of ether oxygens (including phenoxy) is 2. The van der Waals surface area contributed by atoms with Crippen LogP contribution >= 0.6 is 0 Å². The molecule has 2 aliphatic rings. The van der Waals surface area contributed by atoms with Crippen molar-refractivity contribution in [2.24, 2.45) is 0 Å². The first-order valence-electron chi connectivity index (χ1n) is 7.10. The van der Waals surface area contributed by atoms with Gasteiger partial charge in [-0.2, -0.15) is 0 Å². The van der Waals surface area contributed by atoms with Crippen LogP contribution in [0, 0.1) is 0 Å². The van der Waals surface area contributed by atoms with E-state index in [4.69, 9.17) is 19.2 Å². The van der Waals surface area contributed by atoms with Crippen LogP contribution in [0.3, 0.4) is 0 Å². The minimum atomic E-state index is -0.714. The highest BCUT2D eigenvalue weighted by Crippen LogP contribution is 2.35. The van der Waals surface area contributed by atoms with E-state index in [1.807, 2.05) is 34.6 Å². The highest BCUT2D eigenvalue weighted by molar-refractivity contribution is 5.68. The van der Waals surface area contributed by atoms with Gasteiger partial charge in [-0.15, -0.1) is 0 Å². The van der Waals surface area contributed by atoms with Crippen LogP contribution in [-0.2, 0) is 19.2 Å². The predicted molar refractivity (Wildman–Crippen MR) is 72.0 cm³/mol. The Balaban J connectivity index is 1.85. The lowest BCUT2D eigenvalue weighted by molar-refractivity contribution is -0.511. The van der Waals surface area contributed by atoms with E-state index in [0.717, 1.165) is 0 Å². The maximum atomic E-state index is 12.0. The van der Waals surface area contributed by atoms with Gasteiger partial charge in [0, 0.05) is 25.9 Å². The van der Waals surface area contributed by atoms with Crippen molar-refractivity contribution in [1.82, 2.24) is 4.90 Å². The second kappa shape index (κ2) is 5.16. The van der Waals surface area contributed by atoms with Crippen molar-refractivity contribution in [1.29, 1.82) is 0 Å². The number of piperidine rings is 1. The molecule has 0 aromatic carbocycles. The maximum absolute atomic E-state index is 12.0. The first-order chi connectivity index (χ1) is 9.11. The fourth-order valence-electron chi connectivity index (χ4n) is 2.13. The van der Waals surface area contributed by atoms with Crippen molar-refractivity contribution < 1.29 is 24.0 Å². The van der Waals surface area contributed by atoms with Gasteiger partial charge in [0.1, 0.15) is 11.2 Å². The molecule has 1 amide bonds. The van der Waals surface area contributed by atoms with Gasteiger partial charge in [-0.05, 0) is 34.6 Å². The van der Waals surface area contributed by atoms with Crippen LogP contribution < -0.4 is 0 Å². The zero-order valence-corrected chi connectivity index (χ0v) is 13.0. The number of rotatable bonds is 0. The number of carbonyl (C=O) groups excluding carboxylic acids is 1. The Morgan fingerprint density at radius 1 is 1.15 bits per heavy atom. The smallest absolute Gasteiger partial charge is 0.410 e. The summed E-state index contributed by atoms with van der Waals surface area (Å²) in [4.78, 5) is 24.5. The molecule has 2 fully saturated rings. The molecular formula is C14H25NO5. The molecule has 0 N–H and O–H groups in total. The van der Waals surface area contributed by atoms with Crippen LogP contribution in [-0.4, -0.2) is 47.7 Å². The number of hydrogen-bond donors (Lipinski definition) is 0. The lowest BCUT2D eigenvalue weighted by atomic mass is 10.0. The van der Waals surface area contributed by atoms with Gasteiger partial charge in [0.25, 0.3) is 0 Å². The molecule has 2 saturated heterocycles. The van der Waals surface area contributed by atoms with Gasteiger partial charge in [0.2, 0.25) is 5.79 Å². The van der Waals surface area contributed by atoms with Crippen molar-refractivity contribution in [3.8, 4) is 0 Å². The summed E-state index contributed by atoms with van der Waals surface area (Å²) in [6, 6.07) is 0. The zero-order valence-electron chi connectivity index (χ0n) is 13.0. The van der Waals surface area contributed by atoms with E-state index in [1.165, 1.54) is 0 Å². The summed E-state index contributed by atoms with van der Waals surface area (Å²) in [7, 11) is 0. The lowest BCUT2D eigenvalue weighted by Gasteiger charge is -2.45. The summed E-state index contributed by atoms with van der Waals surface area (Å²) in [5.41, 5.74) is -0.898. The van der Waals surface area contributed by atoms with Crippen molar-refractivity contribution in [2.75, 3.05) is 19.7 Å². The van der Waals surface area contributed by atoms with Gasteiger partial charge in [-0.3, -0.25) is 0 Å². The van der Waals surface area contributed by atoms with E-state index in [1.54, 1.807) is 4.90 Å². The molecule has 20 heavy (non-hydrogen) atoms. The van der Waals surface area contributed by atoms with Gasteiger partial charge in [-0.25, -0.2) is 14.6 Å². The second-order valence-corrected chi connectivity index (χ2v) is 7.09. The van der Waals surface area contributed by atoms with Crippen LogP contribution in [0.1, 0.15) is 47.5 Å². The highest BCUT2D eigenvalue weighted by Gasteiger charge is 2.45. The third-order valence-electron chi connectivity index (χ3n) is 3.28. The standard InChI is InChI=1S/C14H25NO5/c1-12(2,3)18-11(16)15-8-6-14(7-9-15)17-10-13(4,5)19-20-14/h6-10H2,1-5H3. The predicted octanol–water partition coefficient (Wildman–Crippen LogP) is 2.47. The SMILES string of the molecule is CC(C)(C)OC(=O)N1CCC2(CC1)OCC(C)(C)OO2. The molecule has 2 rings (SSSR count). The topological polar surface area (TPSA) is 57.2 Å². The van der Waals surface area contributed by atoms with E-state index >= 15 is 0 Å². The molecule has 2 heterocycles. The molecule has 0 unspecified atom stereocenters. The highest BCUT2D eigenvalue weighted by atomic mass is 17.2. The Bertz CT molecular complexity index is 354. The molecule has 1 spiro atoms. The Morgan fingerprint density at radius 3 is 2.20 bits per heavy atom. The molecular weight excluding hydrogens is 262 g/mol. The molecule has 0 aromatic rings. The third kappa shape index (κ3) is 3.84. The van der Waals surface area contributed by atoms with Crippen molar-refractivity contribution in [2.45, 2.75) is 64.4 Å². The van der Waals surface area contributed by atoms with Crippen LogP contribution in [0.5, 0.6) is 0 Å². The van der Waals surface area contributed by atoms with Crippen molar-refractivity contribution >= 4 is 6.09 Å². The summed E-state index contributed by atoms with van der Waals surface area (Å²) in [5.74, 6) is -0.714. The number of amides is 1. The zero-order chi connectivity index (χ0) is 15.0. The number of nitrogens with zero attached hydrogens (tertiary/aromatic N) is 1. The first kappa shape index (κ1) is 15.5. The first-order valence-corrected chi connectivity index (χ1v) is 7.10. The van der Waals surface area contributed by atoms with Crippen LogP contribution in [0.4, 0.5) is 4.79 Å². The molecule has 2 aliphatic heterocycles. The normalized spacial score (nSPS) is 25.6. The van der Waals surface area contributed by atoms with Crippen LogP contribution in [0.15, 0.2) is 0 Å². The fourth-order valence-corrected chi connectivity index (χ4v) is 2.13. The maximum Gasteiger partial charge on any atom is 0.410 e.